The van der Waals surface area contributed by atoms with Crippen molar-refractivity contribution in [2.75, 3.05) is 5.32 Å². The van der Waals surface area contributed by atoms with Crippen molar-refractivity contribution < 1.29 is 9.59 Å². The van der Waals surface area contributed by atoms with E-state index in [1.807, 2.05) is 6.92 Å². The second kappa shape index (κ2) is 7.33. The molecule has 0 radical (unpaired) electrons. The van der Waals surface area contributed by atoms with Gasteiger partial charge in [0.25, 0.3) is 0 Å². The molecule has 0 fully saturated rings. The minimum absolute atomic E-state index is 0.437. The molecule has 0 bridgehead atoms. The number of aromatic nitrogens is 1. The van der Waals surface area contributed by atoms with Gasteiger partial charge in [0.2, 0.25) is 0 Å². The zero-order chi connectivity index (χ0) is 15.9. The summed E-state index contributed by atoms with van der Waals surface area (Å²) in [6, 6.07) is 8.47. The number of hydrazone groups is 1. The summed E-state index contributed by atoms with van der Waals surface area (Å²) in [4.78, 5) is 27.2. The Kier molecular flexibility index (Phi) is 5.21. The van der Waals surface area contributed by atoms with E-state index in [0.29, 0.717) is 16.3 Å². The highest BCUT2D eigenvalue weighted by Crippen LogP contribution is 2.19. The molecule has 0 spiro atoms. The van der Waals surface area contributed by atoms with Crippen LogP contribution in [-0.2, 0) is 9.59 Å². The predicted molar refractivity (Wildman–Crippen MR) is 84.8 cm³/mol. The molecule has 6 nitrogen and oxygen atoms in total. The Morgan fingerprint density at radius 3 is 2.77 bits per heavy atom. The fourth-order valence-corrected chi connectivity index (χ4v) is 1.71. The molecule has 0 aliphatic rings. The van der Waals surface area contributed by atoms with Crippen LogP contribution in [0.15, 0.2) is 47.8 Å². The molecule has 2 rings (SSSR count). The van der Waals surface area contributed by atoms with Crippen molar-refractivity contribution in [2.45, 2.75) is 6.92 Å². The first-order valence-corrected chi connectivity index (χ1v) is 6.74. The Morgan fingerprint density at radius 1 is 1.27 bits per heavy atom. The van der Waals surface area contributed by atoms with Crippen LogP contribution in [0.3, 0.4) is 0 Å². The number of nitrogens with one attached hydrogen (secondary N) is 2. The van der Waals surface area contributed by atoms with Crippen LogP contribution in [0.2, 0.25) is 5.02 Å². The maximum Gasteiger partial charge on any atom is 0.329 e. The average Bonchev–Trinajstić information content (AvgIpc) is 2.52. The summed E-state index contributed by atoms with van der Waals surface area (Å²) in [6.45, 7) is 1.84. The van der Waals surface area contributed by atoms with E-state index in [4.69, 9.17) is 11.6 Å². The summed E-state index contributed by atoms with van der Waals surface area (Å²) >= 11 is 5.95. The summed E-state index contributed by atoms with van der Waals surface area (Å²) in [5, 5.41) is 6.63. The number of aryl methyl sites for hydroxylation is 1. The lowest BCUT2D eigenvalue weighted by Crippen LogP contribution is -2.32. The number of rotatable bonds is 3. The van der Waals surface area contributed by atoms with Crippen molar-refractivity contribution in [3.8, 4) is 0 Å². The summed E-state index contributed by atoms with van der Waals surface area (Å²) in [6.07, 6.45) is 4.58. The molecule has 1 aromatic carbocycles. The van der Waals surface area contributed by atoms with Crippen molar-refractivity contribution in [2.24, 2.45) is 5.10 Å². The molecule has 2 N–H and O–H groups in total. The van der Waals surface area contributed by atoms with E-state index in [1.54, 1.807) is 42.7 Å². The van der Waals surface area contributed by atoms with E-state index in [1.165, 1.54) is 6.21 Å². The van der Waals surface area contributed by atoms with E-state index in [-0.39, 0.29) is 0 Å². The maximum atomic E-state index is 11.7. The number of nitrogens with zero attached hydrogens (tertiary/aromatic N) is 2. The number of pyridine rings is 1. The van der Waals surface area contributed by atoms with Crippen LogP contribution in [0.25, 0.3) is 0 Å². The highest BCUT2D eigenvalue weighted by Gasteiger charge is 2.13. The van der Waals surface area contributed by atoms with Crippen LogP contribution >= 0.6 is 11.6 Å². The minimum Gasteiger partial charge on any atom is -0.318 e. The van der Waals surface area contributed by atoms with Gasteiger partial charge >= 0.3 is 11.8 Å². The largest absolute Gasteiger partial charge is 0.329 e. The highest BCUT2D eigenvalue weighted by molar-refractivity contribution is 6.39. The lowest BCUT2D eigenvalue weighted by Gasteiger charge is -2.05. The first-order chi connectivity index (χ1) is 10.6. The van der Waals surface area contributed by atoms with E-state index >= 15 is 0 Å². The first-order valence-electron chi connectivity index (χ1n) is 6.37. The molecule has 1 aromatic heterocycles. The van der Waals surface area contributed by atoms with Gasteiger partial charge in [0.05, 0.1) is 6.21 Å². The Balaban J connectivity index is 1.90. The van der Waals surface area contributed by atoms with Crippen LogP contribution in [-0.4, -0.2) is 23.0 Å². The average molecular weight is 317 g/mol. The summed E-state index contributed by atoms with van der Waals surface area (Å²) < 4.78 is 0. The second-order valence-electron chi connectivity index (χ2n) is 4.40. The van der Waals surface area contributed by atoms with Crippen molar-refractivity contribution in [3.63, 3.8) is 0 Å². The van der Waals surface area contributed by atoms with Gasteiger partial charge in [-0.15, -0.1) is 0 Å². The van der Waals surface area contributed by atoms with Crippen LogP contribution in [0.4, 0.5) is 5.69 Å². The van der Waals surface area contributed by atoms with Crippen molar-refractivity contribution in [1.29, 1.82) is 0 Å². The second-order valence-corrected chi connectivity index (χ2v) is 4.81. The Morgan fingerprint density at radius 2 is 2.09 bits per heavy atom. The SMILES string of the molecule is Cc1ccc(NC(=O)C(=O)N/N=C\c2cccnc2)cc1Cl. The molecule has 0 atom stereocenters. The number of amides is 2. The van der Waals surface area contributed by atoms with Crippen molar-refractivity contribution in [1.82, 2.24) is 10.4 Å². The fourth-order valence-electron chi connectivity index (χ4n) is 1.53. The van der Waals surface area contributed by atoms with Gasteiger partial charge in [-0.3, -0.25) is 14.6 Å². The van der Waals surface area contributed by atoms with Gasteiger partial charge in [-0.1, -0.05) is 23.7 Å². The standard InChI is InChI=1S/C15H13ClN4O2/c1-10-4-5-12(7-13(10)16)19-14(21)15(22)20-18-9-11-3-2-6-17-8-11/h2-9H,1H3,(H,19,21)(H,20,22)/b18-9-. The number of hydrogen-bond donors (Lipinski definition) is 2. The topological polar surface area (TPSA) is 83.5 Å². The molecule has 112 valence electrons. The third-order valence-corrected chi connectivity index (χ3v) is 3.11. The van der Waals surface area contributed by atoms with E-state index < -0.39 is 11.8 Å². The third-order valence-electron chi connectivity index (χ3n) is 2.70. The first kappa shape index (κ1) is 15.7. The molecule has 0 saturated heterocycles. The van der Waals surface area contributed by atoms with Gasteiger partial charge in [-0.05, 0) is 30.7 Å². The number of hydrogen-bond acceptors (Lipinski definition) is 4. The molecule has 0 saturated carbocycles. The monoisotopic (exact) mass is 316 g/mol. The van der Waals surface area contributed by atoms with Gasteiger partial charge < -0.3 is 5.32 Å². The van der Waals surface area contributed by atoms with E-state index in [2.05, 4.69) is 20.8 Å². The van der Waals surface area contributed by atoms with Gasteiger partial charge in [0.1, 0.15) is 0 Å². The van der Waals surface area contributed by atoms with Crippen LogP contribution < -0.4 is 10.7 Å². The summed E-state index contributed by atoms with van der Waals surface area (Å²) in [5.74, 6) is -1.71. The van der Waals surface area contributed by atoms with Gasteiger partial charge in [0, 0.05) is 28.7 Å². The molecular weight excluding hydrogens is 304 g/mol. The molecule has 22 heavy (non-hydrogen) atoms. The third kappa shape index (κ3) is 4.39. The fraction of sp³-hybridized carbons (Fsp3) is 0.0667. The van der Waals surface area contributed by atoms with Crippen molar-refractivity contribution in [3.05, 3.63) is 58.9 Å². The Labute approximate surface area is 132 Å². The number of anilines is 1. The van der Waals surface area contributed by atoms with Crippen LogP contribution in [0, 0.1) is 6.92 Å². The molecule has 2 amide bonds. The number of carbonyl (C=O) groups excluding carboxylic acids is 2. The smallest absolute Gasteiger partial charge is 0.318 e. The van der Waals surface area contributed by atoms with Crippen LogP contribution in [0.1, 0.15) is 11.1 Å². The predicted octanol–water partition coefficient (Wildman–Crippen LogP) is 2.13. The summed E-state index contributed by atoms with van der Waals surface area (Å²) in [5.41, 5.74) is 4.15. The van der Waals surface area contributed by atoms with Gasteiger partial charge in [0.15, 0.2) is 0 Å². The number of carbonyl (C=O) groups is 2. The van der Waals surface area contributed by atoms with Crippen LogP contribution in [0.5, 0.6) is 0 Å². The molecular formula is C15H13ClN4O2. The minimum atomic E-state index is -0.878. The normalized spacial score (nSPS) is 10.5. The van der Waals surface area contributed by atoms with E-state index in [9.17, 15) is 9.59 Å². The zero-order valence-corrected chi connectivity index (χ0v) is 12.5. The Hall–Kier alpha value is -2.73. The zero-order valence-electron chi connectivity index (χ0n) is 11.7. The molecule has 0 aliphatic carbocycles. The Bertz CT molecular complexity index is 717. The number of benzene rings is 1. The van der Waals surface area contributed by atoms with Gasteiger partial charge in [-0.2, -0.15) is 5.10 Å². The molecule has 7 heteroatoms. The highest BCUT2D eigenvalue weighted by atomic mass is 35.5. The molecule has 1 heterocycles. The molecule has 0 unspecified atom stereocenters. The van der Waals surface area contributed by atoms with Gasteiger partial charge in [-0.25, -0.2) is 5.43 Å². The van der Waals surface area contributed by atoms with E-state index in [0.717, 1.165) is 5.56 Å². The quantitative estimate of drug-likeness (QED) is 0.517. The maximum absolute atomic E-state index is 11.7. The molecule has 0 aliphatic heterocycles. The lowest BCUT2D eigenvalue weighted by molar-refractivity contribution is -0.136. The lowest BCUT2D eigenvalue weighted by atomic mass is 10.2. The summed E-state index contributed by atoms with van der Waals surface area (Å²) in [7, 11) is 0. The number of halogens is 1. The van der Waals surface area contributed by atoms with Crippen molar-refractivity contribution >= 4 is 35.3 Å². The molecule has 2 aromatic rings.